The van der Waals surface area contributed by atoms with E-state index in [9.17, 15) is 13.2 Å². The molecule has 0 atom stereocenters. The summed E-state index contributed by atoms with van der Waals surface area (Å²) in [6.07, 6.45) is -4.73. The van der Waals surface area contributed by atoms with Crippen molar-refractivity contribution < 1.29 is 17.9 Å². The van der Waals surface area contributed by atoms with Crippen molar-refractivity contribution in [1.29, 1.82) is 0 Å². The summed E-state index contributed by atoms with van der Waals surface area (Å²) in [5, 5.41) is 6.12. The Kier molecular flexibility index (Phi) is 5.10. The molecule has 23 heavy (non-hydrogen) atoms. The van der Waals surface area contributed by atoms with E-state index in [2.05, 4.69) is 15.4 Å². The standard InChI is InChI=1S/C16H15F3N2OS/c1-10-6-7-14(11(2)8-10)21-15(23)20-12-4-3-5-13(9-12)22-16(17,18)19/h3-9H,1-2H3,(H2,20,21,23). The summed E-state index contributed by atoms with van der Waals surface area (Å²) in [5.41, 5.74) is 3.37. The molecule has 0 bridgehead atoms. The molecule has 0 spiro atoms. The number of thiocarbonyl (C=S) groups is 1. The molecule has 0 aliphatic heterocycles. The number of aryl methyl sites for hydroxylation is 2. The molecule has 0 aromatic heterocycles. The monoisotopic (exact) mass is 340 g/mol. The van der Waals surface area contributed by atoms with E-state index < -0.39 is 6.36 Å². The molecule has 0 aliphatic carbocycles. The molecular formula is C16H15F3N2OS. The zero-order chi connectivity index (χ0) is 17.0. The fourth-order valence-corrected chi connectivity index (χ4v) is 2.24. The van der Waals surface area contributed by atoms with Gasteiger partial charge in [0.2, 0.25) is 0 Å². The maximum absolute atomic E-state index is 12.2. The van der Waals surface area contributed by atoms with Gasteiger partial charge in [0.05, 0.1) is 0 Å². The number of benzene rings is 2. The van der Waals surface area contributed by atoms with Gasteiger partial charge in [-0.1, -0.05) is 23.8 Å². The zero-order valence-electron chi connectivity index (χ0n) is 12.5. The molecule has 2 aromatic rings. The molecular weight excluding hydrogens is 325 g/mol. The number of nitrogens with one attached hydrogen (secondary N) is 2. The van der Waals surface area contributed by atoms with E-state index in [0.717, 1.165) is 16.8 Å². The predicted octanol–water partition coefficient (Wildman–Crippen LogP) is 5.01. The summed E-state index contributed by atoms with van der Waals surface area (Å²) in [4.78, 5) is 0. The Morgan fingerprint density at radius 1 is 1.04 bits per heavy atom. The van der Waals surface area contributed by atoms with Crippen LogP contribution in [-0.2, 0) is 0 Å². The lowest BCUT2D eigenvalue weighted by Crippen LogP contribution is -2.20. The van der Waals surface area contributed by atoms with E-state index in [1.807, 2.05) is 32.0 Å². The molecule has 0 saturated carbocycles. The molecule has 0 aliphatic rings. The molecule has 122 valence electrons. The van der Waals surface area contributed by atoms with Crippen molar-refractivity contribution in [2.45, 2.75) is 20.2 Å². The highest BCUT2D eigenvalue weighted by Gasteiger charge is 2.31. The average molecular weight is 340 g/mol. The van der Waals surface area contributed by atoms with Gasteiger partial charge in [-0.2, -0.15) is 0 Å². The summed E-state index contributed by atoms with van der Waals surface area (Å²) in [6, 6.07) is 11.3. The summed E-state index contributed by atoms with van der Waals surface area (Å²) < 4.78 is 40.5. The normalized spacial score (nSPS) is 11.0. The summed E-state index contributed by atoms with van der Waals surface area (Å²) in [6.45, 7) is 3.93. The van der Waals surface area contributed by atoms with Crippen molar-refractivity contribution in [3.05, 3.63) is 53.6 Å². The molecule has 0 heterocycles. The summed E-state index contributed by atoms with van der Waals surface area (Å²) in [5.74, 6) is -0.309. The molecule has 2 rings (SSSR count). The number of hydrogen-bond acceptors (Lipinski definition) is 2. The van der Waals surface area contributed by atoms with Crippen LogP contribution < -0.4 is 15.4 Å². The third kappa shape index (κ3) is 5.45. The van der Waals surface area contributed by atoms with Crippen molar-refractivity contribution in [2.24, 2.45) is 0 Å². The number of hydrogen-bond donors (Lipinski definition) is 2. The zero-order valence-corrected chi connectivity index (χ0v) is 13.3. The van der Waals surface area contributed by atoms with Crippen LogP contribution in [0.5, 0.6) is 5.75 Å². The summed E-state index contributed by atoms with van der Waals surface area (Å²) in [7, 11) is 0. The van der Waals surface area contributed by atoms with Gasteiger partial charge in [-0.05, 0) is 49.8 Å². The third-order valence-electron chi connectivity index (χ3n) is 2.96. The largest absolute Gasteiger partial charge is 0.573 e. The predicted molar refractivity (Wildman–Crippen MR) is 88.9 cm³/mol. The van der Waals surface area contributed by atoms with E-state index in [1.54, 1.807) is 6.07 Å². The van der Waals surface area contributed by atoms with E-state index in [4.69, 9.17) is 12.2 Å². The third-order valence-corrected chi connectivity index (χ3v) is 3.16. The van der Waals surface area contributed by atoms with Gasteiger partial charge in [-0.25, -0.2) is 0 Å². The van der Waals surface area contributed by atoms with E-state index in [0.29, 0.717) is 5.69 Å². The Morgan fingerprint density at radius 2 is 1.78 bits per heavy atom. The second-order valence-electron chi connectivity index (χ2n) is 4.97. The Morgan fingerprint density at radius 3 is 2.43 bits per heavy atom. The minimum Gasteiger partial charge on any atom is -0.406 e. The fraction of sp³-hybridized carbons (Fsp3) is 0.188. The van der Waals surface area contributed by atoms with Crippen molar-refractivity contribution in [3.8, 4) is 5.75 Å². The van der Waals surface area contributed by atoms with Crippen LogP contribution in [-0.4, -0.2) is 11.5 Å². The lowest BCUT2D eigenvalue weighted by Gasteiger charge is -2.14. The van der Waals surface area contributed by atoms with Crippen LogP contribution in [0.2, 0.25) is 0 Å². The minimum absolute atomic E-state index is 0.279. The SMILES string of the molecule is Cc1ccc(NC(=S)Nc2cccc(OC(F)(F)F)c2)c(C)c1. The smallest absolute Gasteiger partial charge is 0.406 e. The van der Waals surface area contributed by atoms with Gasteiger partial charge < -0.3 is 15.4 Å². The van der Waals surface area contributed by atoms with Crippen molar-refractivity contribution in [3.63, 3.8) is 0 Å². The average Bonchev–Trinajstić information content (AvgIpc) is 2.40. The molecule has 0 fully saturated rings. The second kappa shape index (κ2) is 6.87. The second-order valence-corrected chi connectivity index (χ2v) is 5.38. The molecule has 0 saturated heterocycles. The van der Waals surface area contributed by atoms with Gasteiger partial charge in [-0.15, -0.1) is 13.2 Å². The fourth-order valence-electron chi connectivity index (χ4n) is 2.01. The molecule has 0 amide bonds. The lowest BCUT2D eigenvalue weighted by atomic mass is 10.1. The van der Waals surface area contributed by atoms with Crippen LogP contribution in [0.3, 0.4) is 0 Å². The van der Waals surface area contributed by atoms with Gasteiger partial charge in [0.1, 0.15) is 5.75 Å². The molecule has 7 heteroatoms. The van der Waals surface area contributed by atoms with Crippen LogP contribution in [0, 0.1) is 13.8 Å². The molecule has 0 radical (unpaired) electrons. The van der Waals surface area contributed by atoms with Crippen LogP contribution in [0.1, 0.15) is 11.1 Å². The highest BCUT2D eigenvalue weighted by molar-refractivity contribution is 7.80. The summed E-state index contributed by atoms with van der Waals surface area (Å²) >= 11 is 5.18. The van der Waals surface area contributed by atoms with Crippen molar-refractivity contribution in [1.82, 2.24) is 0 Å². The highest BCUT2D eigenvalue weighted by Crippen LogP contribution is 2.25. The highest BCUT2D eigenvalue weighted by atomic mass is 32.1. The van der Waals surface area contributed by atoms with Crippen LogP contribution in [0.4, 0.5) is 24.5 Å². The number of ether oxygens (including phenoxy) is 1. The Hall–Kier alpha value is -2.28. The maximum Gasteiger partial charge on any atom is 0.573 e. The Balaban J connectivity index is 2.04. The van der Waals surface area contributed by atoms with Gasteiger partial charge in [0, 0.05) is 17.4 Å². The first-order chi connectivity index (χ1) is 10.7. The molecule has 0 unspecified atom stereocenters. The number of rotatable bonds is 3. The van der Waals surface area contributed by atoms with Gasteiger partial charge in [0.25, 0.3) is 0 Å². The van der Waals surface area contributed by atoms with E-state index >= 15 is 0 Å². The first kappa shape index (κ1) is 17.1. The molecule has 3 nitrogen and oxygen atoms in total. The quantitative estimate of drug-likeness (QED) is 0.770. The molecule has 2 aromatic carbocycles. The molecule has 2 N–H and O–H groups in total. The van der Waals surface area contributed by atoms with Crippen LogP contribution in [0.15, 0.2) is 42.5 Å². The topological polar surface area (TPSA) is 33.3 Å². The first-order valence-electron chi connectivity index (χ1n) is 6.74. The Bertz CT molecular complexity index is 717. The van der Waals surface area contributed by atoms with Gasteiger partial charge in [-0.3, -0.25) is 0 Å². The maximum atomic E-state index is 12.2. The van der Waals surface area contributed by atoms with Gasteiger partial charge in [0.15, 0.2) is 5.11 Å². The number of halogens is 3. The van der Waals surface area contributed by atoms with Crippen LogP contribution in [0.25, 0.3) is 0 Å². The van der Waals surface area contributed by atoms with E-state index in [1.165, 1.54) is 18.2 Å². The number of anilines is 2. The van der Waals surface area contributed by atoms with Crippen LogP contribution >= 0.6 is 12.2 Å². The first-order valence-corrected chi connectivity index (χ1v) is 7.15. The van der Waals surface area contributed by atoms with Crippen molar-refractivity contribution >= 4 is 28.7 Å². The van der Waals surface area contributed by atoms with E-state index in [-0.39, 0.29) is 10.9 Å². The van der Waals surface area contributed by atoms with Crippen molar-refractivity contribution in [2.75, 3.05) is 10.6 Å². The lowest BCUT2D eigenvalue weighted by molar-refractivity contribution is -0.274. The number of alkyl halides is 3. The Labute approximate surface area is 137 Å². The van der Waals surface area contributed by atoms with Gasteiger partial charge >= 0.3 is 6.36 Å². The minimum atomic E-state index is -4.73.